The van der Waals surface area contributed by atoms with Crippen molar-refractivity contribution in [3.8, 4) is 17.4 Å². The molecule has 4 rings (SSSR count). The number of fused-ring (bicyclic) bond motifs is 1. The lowest BCUT2D eigenvalue weighted by Crippen LogP contribution is -1.96. The Morgan fingerprint density at radius 2 is 1.48 bits per heavy atom. The van der Waals surface area contributed by atoms with Crippen molar-refractivity contribution in [3.05, 3.63) is 90.8 Å². The zero-order chi connectivity index (χ0) is 16.9. The van der Waals surface area contributed by atoms with Crippen LogP contribution in [-0.2, 0) is 6.61 Å². The van der Waals surface area contributed by atoms with Gasteiger partial charge in [-0.15, -0.1) is 0 Å². The van der Waals surface area contributed by atoms with E-state index in [2.05, 4.69) is 9.97 Å². The van der Waals surface area contributed by atoms with Crippen LogP contribution in [0.15, 0.2) is 85.2 Å². The Bertz CT molecular complexity index is 973. The first kappa shape index (κ1) is 15.1. The van der Waals surface area contributed by atoms with Gasteiger partial charge in [-0.25, -0.2) is 9.97 Å². The molecule has 0 bridgehead atoms. The third kappa shape index (κ3) is 3.58. The molecular weight excluding hydrogens is 312 g/mol. The second-order valence-corrected chi connectivity index (χ2v) is 5.55. The van der Waals surface area contributed by atoms with E-state index in [1.165, 1.54) is 6.33 Å². The molecule has 0 N–H and O–H groups in total. The number of para-hydroxylation sites is 1. The molecule has 0 spiro atoms. The van der Waals surface area contributed by atoms with Crippen LogP contribution in [0.2, 0.25) is 0 Å². The van der Waals surface area contributed by atoms with Crippen LogP contribution in [0.5, 0.6) is 17.4 Å². The summed E-state index contributed by atoms with van der Waals surface area (Å²) in [5, 5.41) is 0.846. The number of hydrogen-bond acceptors (Lipinski definition) is 4. The molecule has 3 aromatic carbocycles. The molecule has 0 saturated heterocycles. The van der Waals surface area contributed by atoms with Crippen molar-refractivity contribution in [2.75, 3.05) is 0 Å². The standard InChI is InChI=1S/C21H16N2O2/c1-3-7-16(8-4-1)14-24-18-11-12-19-20(13-18)22-15-23-21(19)25-17-9-5-2-6-10-17/h1-13,15H,14H2. The maximum atomic E-state index is 5.87. The van der Waals surface area contributed by atoms with Gasteiger partial charge in [-0.05, 0) is 29.8 Å². The number of nitrogens with zero attached hydrogens (tertiary/aromatic N) is 2. The van der Waals surface area contributed by atoms with Crippen LogP contribution in [0, 0.1) is 0 Å². The van der Waals surface area contributed by atoms with Gasteiger partial charge in [0, 0.05) is 6.07 Å². The largest absolute Gasteiger partial charge is 0.489 e. The maximum Gasteiger partial charge on any atom is 0.230 e. The average Bonchev–Trinajstić information content (AvgIpc) is 2.68. The fourth-order valence-corrected chi connectivity index (χ4v) is 2.52. The predicted octanol–water partition coefficient (Wildman–Crippen LogP) is 5.00. The summed E-state index contributed by atoms with van der Waals surface area (Å²) < 4.78 is 11.7. The van der Waals surface area contributed by atoms with Crippen molar-refractivity contribution in [1.82, 2.24) is 9.97 Å². The smallest absolute Gasteiger partial charge is 0.230 e. The zero-order valence-electron chi connectivity index (χ0n) is 13.5. The van der Waals surface area contributed by atoms with Crippen LogP contribution in [-0.4, -0.2) is 9.97 Å². The molecule has 0 saturated carbocycles. The van der Waals surface area contributed by atoms with Gasteiger partial charge in [0.2, 0.25) is 5.88 Å². The second-order valence-electron chi connectivity index (χ2n) is 5.55. The molecule has 0 aliphatic heterocycles. The van der Waals surface area contributed by atoms with Crippen LogP contribution in [0.3, 0.4) is 0 Å². The summed E-state index contributed by atoms with van der Waals surface area (Å²) in [7, 11) is 0. The minimum Gasteiger partial charge on any atom is -0.489 e. The van der Waals surface area contributed by atoms with Crippen molar-refractivity contribution >= 4 is 10.9 Å². The molecule has 1 heterocycles. The molecule has 0 aliphatic rings. The Morgan fingerprint density at radius 1 is 0.720 bits per heavy atom. The molecule has 0 unspecified atom stereocenters. The van der Waals surface area contributed by atoms with E-state index in [0.29, 0.717) is 12.5 Å². The number of rotatable bonds is 5. The van der Waals surface area contributed by atoms with E-state index in [0.717, 1.165) is 28.0 Å². The highest BCUT2D eigenvalue weighted by Gasteiger charge is 2.07. The van der Waals surface area contributed by atoms with E-state index < -0.39 is 0 Å². The van der Waals surface area contributed by atoms with Gasteiger partial charge in [0.1, 0.15) is 24.4 Å². The molecule has 0 fully saturated rings. The molecule has 0 amide bonds. The van der Waals surface area contributed by atoms with Crippen molar-refractivity contribution < 1.29 is 9.47 Å². The Hall–Kier alpha value is -3.40. The van der Waals surface area contributed by atoms with Crippen LogP contribution in [0.25, 0.3) is 10.9 Å². The van der Waals surface area contributed by atoms with Crippen molar-refractivity contribution in [2.45, 2.75) is 6.61 Å². The highest BCUT2D eigenvalue weighted by molar-refractivity contribution is 5.84. The predicted molar refractivity (Wildman–Crippen MR) is 96.8 cm³/mol. The fourth-order valence-electron chi connectivity index (χ4n) is 2.52. The monoisotopic (exact) mass is 328 g/mol. The molecule has 25 heavy (non-hydrogen) atoms. The van der Waals surface area contributed by atoms with E-state index >= 15 is 0 Å². The summed E-state index contributed by atoms with van der Waals surface area (Å²) in [4.78, 5) is 8.58. The van der Waals surface area contributed by atoms with Crippen LogP contribution in [0.4, 0.5) is 0 Å². The molecule has 122 valence electrons. The van der Waals surface area contributed by atoms with Crippen LogP contribution < -0.4 is 9.47 Å². The summed E-state index contributed by atoms with van der Waals surface area (Å²) in [6.07, 6.45) is 1.50. The Morgan fingerprint density at radius 3 is 2.28 bits per heavy atom. The van der Waals surface area contributed by atoms with E-state index in [-0.39, 0.29) is 0 Å². The fraction of sp³-hybridized carbons (Fsp3) is 0.0476. The lowest BCUT2D eigenvalue weighted by atomic mass is 10.2. The number of benzene rings is 3. The summed E-state index contributed by atoms with van der Waals surface area (Å²) in [5.74, 6) is 2.04. The first-order chi connectivity index (χ1) is 12.4. The Balaban J connectivity index is 1.57. The summed E-state index contributed by atoms with van der Waals surface area (Å²) in [6, 6.07) is 25.4. The van der Waals surface area contributed by atoms with E-state index in [4.69, 9.17) is 9.47 Å². The highest BCUT2D eigenvalue weighted by atomic mass is 16.5. The summed E-state index contributed by atoms with van der Waals surface area (Å²) >= 11 is 0. The molecular formula is C21H16N2O2. The summed E-state index contributed by atoms with van der Waals surface area (Å²) in [6.45, 7) is 0.519. The van der Waals surface area contributed by atoms with Crippen molar-refractivity contribution in [3.63, 3.8) is 0 Å². The lowest BCUT2D eigenvalue weighted by molar-refractivity contribution is 0.306. The highest BCUT2D eigenvalue weighted by Crippen LogP contribution is 2.29. The first-order valence-corrected chi connectivity index (χ1v) is 8.03. The van der Waals surface area contributed by atoms with E-state index in [9.17, 15) is 0 Å². The van der Waals surface area contributed by atoms with Crippen molar-refractivity contribution in [1.29, 1.82) is 0 Å². The molecule has 1 aromatic heterocycles. The quantitative estimate of drug-likeness (QED) is 0.517. The van der Waals surface area contributed by atoms with Gasteiger partial charge in [-0.1, -0.05) is 48.5 Å². The van der Waals surface area contributed by atoms with E-state index in [1.54, 1.807) is 0 Å². The van der Waals surface area contributed by atoms with Crippen molar-refractivity contribution in [2.24, 2.45) is 0 Å². The average molecular weight is 328 g/mol. The van der Waals surface area contributed by atoms with Gasteiger partial charge >= 0.3 is 0 Å². The normalized spacial score (nSPS) is 10.6. The van der Waals surface area contributed by atoms with Gasteiger partial charge in [0.15, 0.2) is 0 Å². The van der Waals surface area contributed by atoms with Gasteiger partial charge in [0.25, 0.3) is 0 Å². The van der Waals surface area contributed by atoms with Gasteiger partial charge in [-0.2, -0.15) is 0 Å². The number of aromatic nitrogens is 2. The first-order valence-electron chi connectivity index (χ1n) is 8.03. The molecule has 0 radical (unpaired) electrons. The number of hydrogen-bond donors (Lipinski definition) is 0. The van der Waals surface area contributed by atoms with Crippen LogP contribution >= 0.6 is 0 Å². The third-order valence-electron chi connectivity index (χ3n) is 3.78. The molecule has 4 nitrogen and oxygen atoms in total. The Kier molecular flexibility index (Phi) is 4.25. The Labute approximate surface area is 145 Å². The minimum atomic E-state index is 0.519. The lowest BCUT2D eigenvalue weighted by Gasteiger charge is -2.09. The van der Waals surface area contributed by atoms with Gasteiger partial charge in [-0.3, -0.25) is 0 Å². The van der Waals surface area contributed by atoms with Crippen LogP contribution in [0.1, 0.15) is 5.56 Å². The maximum absolute atomic E-state index is 5.87. The number of ether oxygens (including phenoxy) is 2. The third-order valence-corrected chi connectivity index (χ3v) is 3.78. The topological polar surface area (TPSA) is 44.2 Å². The summed E-state index contributed by atoms with van der Waals surface area (Å²) in [5.41, 5.74) is 1.91. The van der Waals surface area contributed by atoms with E-state index in [1.807, 2.05) is 78.9 Å². The SMILES string of the molecule is c1ccc(COc2ccc3c(Oc4ccccc4)ncnc3c2)cc1. The van der Waals surface area contributed by atoms with Gasteiger partial charge in [0.05, 0.1) is 10.9 Å². The second kappa shape index (κ2) is 7.01. The van der Waals surface area contributed by atoms with Gasteiger partial charge < -0.3 is 9.47 Å². The molecule has 4 aromatic rings. The molecule has 0 atom stereocenters. The zero-order valence-corrected chi connectivity index (χ0v) is 13.5. The minimum absolute atomic E-state index is 0.519. The molecule has 4 heteroatoms. The molecule has 0 aliphatic carbocycles.